The van der Waals surface area contributed by atoms with Gasteiger partial charge in [0.2, 0.25) is 0 Å². The zero-order valence-corrected chi connectivity index (χ0v) is 17.2. The Bertz CT molecular complexity index is 1160. The van der Waals surface area contributed by atoms with Gasteiger partial charge in [0, 0.05) is 28.7 Å². The molecule has 2 aromatic carbocycles. The summed E-state index contributed by atoms with van der Waals surface area (Å²) in [6.07, 6.45) is 7.20. The fourth-order valence-electron chi connectivity index (χ4n) is 3.34. The van der Waals surface area contributed by atoms with Crippen LogP contribution in [0.5, 0.6) is 11.5 Å². The number of aromatic nitrogens is 2. The van der Waals surface area contributed by atoms with Crippen LogP contribution in [0.1, 0.15) is 50.9 Å². The molecule has 2 N–H and O–H groups in total. The number of allylic oxidation sites excluding steroid dienone is 1. The van der Waals surface area contributed by atoms with Gasteiger partial charge in [-0.25, -0.2) is 9.78 Å². The van der Waals surface area contributed by atoms with E-state index >= 15 is 0 Å². The molecule has 1 saturated carbocycles. The van der Waals surface area contributed by atoms with Crippen molar-refractivity contribution in [2.75, 3.05) is 14.2 Å². The highest BCUT2D eigenvalue weighted by Crippen LogP contribution is 2.41. The maximum atomic E-state index is 12.5. The molecule has 0 bridgehead atoms. The van der Waals surface area contributed by atoms with Crippen molar-refractivity contribution in [1.29, 1.82) is 0 Å². The highest BCUT2D eigenvalue weighted by atomic mass is 16.5. The van der Waals surface area contributed by atoms with Crippen LogP contribution in [0.3, 0.4) is 0 Å². The van der Waals surface area contributed by atoms with Crippen LogP contribution in [-0.4, -0.2) is 41.0 Å². The number of aromatic carboxylic acids is 1. The number of hydrogen-bond acceptors (Lipinski definition) is 5. The number of imidazole rings is 1. The van der Waals surface area contributed by atoms with Crippen molar-refractivity contribution in [3.8, 4) is 22.8 Å². The minimum Gasteiger partial charge on any atom is -0.496 e. The summed E-state index contributed by atoms with van der Waals surface area (Å²) in [5.41, 5.74) is 2.90. The number of carboxylic acids is 1. The van der Waals surface area contributed by atoms with Gasteiger partial charge in [-0.3, -0.25) is 4.79 Å². The number of aromatic amines is 1. The minimum atomic E-state index is -1.03. The molecule has 0 radical (unpaired) electrons. The number of nitrogens with one attached hydrogen (secondary N) is 1. The molecule has 0 spiro atoms. The Morgan fingerprint density at radius 1 is 1.06 bits per heavy atom. The zero-order chi connectivity index (χ0) is 22.0. The summed E-state index contributed by atoms with van der Waals surface area (Å²) in [6, 6.07) is 9.47. The molecule has 0 unspecified atom stereocenters. The van der Waals surface area contributed by atoms with Crippen LogP contribution >= 0.6 is 0 Å². The zero-order valence-electron chi connectivity index (χ0n) is 17.2. The number of carboxylic acid groups (broad SMARTS) is 1. The van der Waals surface area contributed by atoms with Crippen molar-refractivity contribution in [2.45, 2.75) is 18.8 Å². The summed E-state index contributed by atoms with van der Waals surface area (Å²) >= 11 is 0. The Balaban J connectivity index is 1.64. The minimum absolute atomic E-state index is 0.132. The van der Waals surface area contributed by atoms with Gasteiger partial charge in [0.25, 0.3) is 0 Å². The summed E-state index contributed by atoms with van der Waals surface area (Å²) in [7, 11) is 3.15. The third-order valence-electron chi connectivity index (χ3n) is 5.23. The molecule has 1 fully saturated rings. The quantitative estimate of drug-likeness (QED) is 0.411. The van der Waals surface area contributed by atoms with Crippen LogP contribution in [0.15, 0.2) is 48.7 Å². The van der Waals surface area contributed by atoms with E-state index in [1.165, 1.54) is 30.3 Å². The van der Waals surface area contributed by atoms with Crippen molar-refractivity contribution in [3.05, 3.63) is 71.2 Å². The molecule has 31 heavy (non-hydrogen) atoms. The van der Waals surface area contributed by atoms with Gasteiger partial charge in [-0.05, 0) is 43.2 Å². The Kier molecular flexibility index (Phi) is 5.58. The fourth-order valence-corrected chi connectivity index (χ4v) is 3.34. The molecule has 7 nitrogen and oxygen atoms in total. The van der Waals surface area contributed by atoms with Gasteiger partial charge < -0.3 is 19.6 Å². The number of nitrogens with zero attached hydrogens (tertiary/aromatic N) is 1. The van der Waals surface area contributed by atoms with E-state index in [1.807, 2.05) is 6.07 Å². The number of ketones is 1. The first-order valence-electron chi connectivity index (χ1n) is 9.87. The first-order valence-corrected chi connectivity index (χ1v) is 9.87. The largest absolute Gasteiger partial charge is 0.496 e. The number of carbonyl (C=O) groups excluding carboxylic acids is 1. The molecule has 3 aromatic rings. The van der Waals surface area contributed by atoms with E-state index < -0.39 is 5.97 Å². The number of benzene rings is 2. The molecule has 158 valence electrons. The smallest absolute Gasteiger partial charge is 0.335 e. The molecule has 1 aromatic heterocycles. The monoisotopic (exact) mass is 418 g/mol. The fraction of sp³-hybridized carbons (Fsp3) is 0.208. The van der Waals surface area contributed by atoms with E-state index in [9.17, 15) is 9.59 Å². The van der Waals surface area contributed by atoms with Gasteiger partial charge in [0.15, 0.2) is 5.78 Å². The van der Waals surface area contributed by atoms with Crippen LogP contribution in [0.2, 0.25) is 0 Å². The molecular weight excluding hydrogens is 396 g/mol. The maximum absolute atomic E-state index is 12.5. The lowest BCUT2D eigenvalue weighted by atomic mass is 10.0. The van der Waals surface area contributed by atoms with E-state index in [4.69, 9.17) is 14.6 Å². The predicted octanol–water partition coefficient (Wildman–Crippen LogP) is 4.57. The summed E-state index contributed by atoms with van der Waals surface area (Å²) in [5.74, 6) is 1.40. The number of hydrogen-bond donors (Lipinski definition) is 2. The second-order valence-corrected chi connectivity index (χ2v) is 7.33. The van der Waals surface area contributed by atoms with Crippen LogP contribution < -0.4 is 9.47 Å². The second kappa shape index (κ2) is 8.47. The molecule has 4 rings (SSSR count). The average molecular weight is 418 g/mol. The molecule has 0 aliphatic heterocycles. The number of methoxy groups -OCH3 is 2. The third-order valence-corrected chi connectivity index (χ3v) is 5.23. The first-order chi connectivity index (χ1) is 15.0. The molecule has 0 saturated heterocycles. The van der Waals surface area contributed by atoms with Gasteiger partial charge in [-0.15, -0.1) is 0 Å². The topological polar surface area (TPSA) is 102 Å². The molecule has 1 aliphatic rings. The van der Waals surface area contributed by atoms with Gasteiger partial charge >= 0.3 is 5.97 Å². The number of ether oxygens (including phenoxy) is 2. The maximum Gasteiger partial charge on any atom is 0.335 e. The Morgan fingerprint density at radius 3 is 2.35 bits per heavy atom. The van der Waals surface area contributed by atoms with E-state index in [1.54, 1.807) is 32.6 Å². The van der Waals surface area contributed by atoms with Crippen LogP contribution in [-0.2, 0) is 0 Å². The Morgan fingerprint density at radius 2 is 1.74 bits per heavy atom. The van der Waals surface area contributed by atoms with Crippen LogP contribution in [0.4, 0.5) is 0 Å². The molecule has 7 heteroatoms. The van der Waals surface area contributed by atoms with E-state index in [0.717, 1.165) is 29.9 Å². The normalized spacial score (nSPS) is 13.4. The lowest BCUT2D eigenvalue weighted by molar-refractivity contribution is 0.0696. The summed E-state index contributed by atoms with van der Waals surface area (Å²) in [5, 5.41) is 8.99. The van der Waals surface area contributed by atoms with E-state index in [0.29, 0.717) is 28.5 Å². The van der Waals surface area contributed by atoms with Gasteiger partial charge in [-0.1, -0.05) is 12.1 Å². The third kappa shape index (κ3) is 4.35. The van der Waals surface area contributed by atoms with Crippen LogP contribution in [0, 0.1) is 0 Å². The first kappa shape index (κ1) is 20.4. The number of carbonyl (C=O) groups is 2. The van der Waals surface area contributed by atoms with Crippen molar-refractivity contribution in [3.63, 3.8) is 0 Å². The van der Waals surface area contributed by atoms with Crippen molar-refractivity contribution >= 4 is 17.8 Å². The number of rotatable bonds is 8. The molecule has 0 atom stereocenters. The van der Waals surface area contributed by atoms with E-state index in [2.05, 4.69) is 9.97 Å². The van der Waals surface area contributed by atoms with E-state index in [-0.39, 0.29) is 11.3 Å². The number of H-pyrrole nitrogens is 1. The van der Waals surface area contributed by atoms with Crippen molar-refractivity contribution < 1.29 is 24.2 Å². The van der Waals surface area contributed by atoms with Crippen molar-refractivity contribution in [2.24, 2.45) is 0 Å². The summed E-state index contributed by atoms with van der Waals surface area (Å²) < 4.78 is 11.0. The van der Waals surface area contributed by atoms with Gasteiger partial charge in [0.05, 0.1) is 31.7 Å². The van der Waals surface area contributed by atoms with Gasteiger partial charge in [-0.2, -0.15) is 0 Å². The Labute approximate surface area is 179 Å². The highest BCUT2D eigenvalue weighted by Gasteiger charge is 2.27. The molecule has 1 heterocycles. The molecular formula is C24H22N2O5. The Hall–Kier alpha value is -3.87. The molecule has 1 aliphatic carbocycles. The highest BCUT2D eigenvalue weighted by molar-refractivity contribution is 6.07. The van der Waals surface area contributed by atoms with Crippen LogP contribution in [0.25, 0.3) is 17.3 Å². The van der Waals surface area contributed by atoms with Gasteiger partial charge in [0.1, 0.15) is 17.3 Å². The second-order valence-electron chi connectivity index (χ2n) is 7.33. The predicted molar refractivity (Wildman–Crippen MR) is 116 cm³/mol. The lowest BCUT2D eigenvalue weighted by Crippen LogP contribution is -1.99. The summed E-state index contributed by atoms with van der Waals surface area (Å²) in [4.78, 5) is 31.4. The molecule has 0 amide bonds. The standard InChI is InChI=1S/C24H22N2O5/c1-30-21-12-22(31-2)18(19-13-25-23(26-19)15-5-6-15)11-17(21)9-10-20(27)14-3-7-16(8-4-14)24(28)29/h3-4,7-13,15H,5-6H2,1-2H3,(H,25,26)(H,28,29). The average Bonchev–Trinajstić information content (AvgIpc) is 3.53. The van der Waals surface area contributed by atoms with Crippen molar-refractivity contribution in [1.82, 2.24) is 9.97 Å². The summed E-state index contributed by atoms with van der Waals surface area (Å²) in [6.45, 7) is 0. The SMILES string of the molecule is COc1cc(OC)c(-c2cnc(C3CC3)[nH]2)cc1C=CC(=O)c1ccc(C(=O)O)cc1. The lowest BCUT2D eigenvalue weighted by Gasteiger charge is -2.12.